The highest BCUT2D eigenvalue weighted by molar-refractivity contribution is 5.83. The van der Waals surface area contributed by atoms with Crippen LogP contribution >= 0.6 is 0 Å². The number of fused-ring (bicyclic) bond motifs is 1. The standard InChI is InChI=1S/C16H11F3N2O/c1-10-5-4-6-11(9-10)22-14-12-7-2-3-8-13(12)20-15(21-14)16(17,18)19/h2-9H,1H3. The van der Waals surface area contributed by atoms with Crippen LogP contribution < -0.4 is 4.74 Å². The molecule has 0 aliphatic heterocycles. The van der Waals surface area contributed by atoms with Crippen LogP contribution in [0.2, 0.25) is 0 Å². The van der Waals surface area contributed by atoms with Gasteiger partial charge in [-0.2, -0.15) is 18.2 Å². The molecule has 6 heteroatoms. The van der Waals surface area contributed by atoms with Crippen LogP contribution in [0.15, 0.2) is 48.5 Å². The van der Waals surface area contributed by atoms with Gasteiger partial charge in [0.1, 0.15) is 5.75 Å². The normalized spacial score (nSPS) is 11.6. The molecule has 0 aliphatic rings. The van der Waals surface area contributed by atoms with Gasteiger partial charge in [0.25, 0.3) is 0 Å². The zero-order valence-corrected chi connectivity index (χ0v) is 11.6. The van der Waals surface area contributed by atoms with Gasteiger partial charge >= 0.3 is 6.18 Å². The van der Waals surface area contributed by atoms with Crippen LogP contribution in [0.4, 0.5) is 13.2 Å². The molecule has 0 atom stereocenters. The Hall–Kier alpha value is -2.63. The van der Waals surface area contributed by atoms with Crippen molar-refractivity contribution in [2.75, 3.05) is 0 Å². The lowest BCUT2D eigenvalue weighted by molar-refractivity contribution is -0.144. The average molecular weight is 304 g/mol. The van der Waals surface area contributed by atoms with Crippen molar-refractivity contribution in [1.29, 1.82) is 0 Å². The quantitative estimate of drug-likeness (QED) is 0.685. The minimum atomic E-state index is -4.63. The molecule has 22 heavy (non-hydrogen) atoms. The van der Waals surface area contributed by atoms with E-state index in [-0.39, 0.29) is 11.4 Å². The van der Waals surface area contributed by atoms with Gasteiger partial charge in [0, 0.05) is 0 Å². The van der Waals surface area contributed by atoms with Gasteiger partial charge in [0.15, 0.2) is 0 Å². The van der Waals surface area contributed by atoms with E-state index in [0.717, 1.165) is 5.56 Å². The molecule has 3 aromatic rings. The second-order valence-corrected chi connectivity index (χ2v) is 4.79. The number of para-hydroxylation sites is 1. The summed E-state index contributed by atoms with van der Waals surface area (Å²) in [6.45, 7) is 1.87. The van der Waals surface area contributed by atoms with E-state index in [4.69, 9.17) is 4.74 Å². The van der Waals surface area contributed by atoms with Crippen LogP contribution in [-0.2, 0) is 6.18 Å². The van der Waals surface area contributed by atoms with Crippen LogP contribution in [-0.4, -0.2) is 9.97 Å². The molecule has 0 unspecified atom stereocenters. The minimum absolute atomic E-state index is 0.108. The topological polar surface area (TPSA) is 35.0 Å². The average Bonchev–Trinajstić information content (AvgIpc) is 2.46. The predicted octanol–water partition coefficient (Wildman–Crippen LogP) is 4.75. The Bertz CT molecular complexity index is 831. The van der Waals surface area contributed by atoms with Crippen LogP contribution in [0.25, 0.3) is 10.9 Å². The smallest absolute Gasteiger partial charge is 0.438 e. The Kier molecular flexibility index (Phi) is 3.44. The van der Waals surface area contributed by atoms with Crippen molar-refractivity contribution in [1.82, 2.24) is 9.97 Å². The molecule has 0 radical (unpaired) electrons. The van der Waals surface area contributed by atoms with Gasteiger partial charge in [-0.1, -0.05) is 24.3 Å². The summed E-state index contributed by atoms with van der Waals surface area (Å²) in [5, 5.41) is 0.428. The highest BCUT2D eigenvalue weighted by Crippen LogP contribution is 2.33. The van der Waals surface area contributed by atoms with Crippen molar-refractivity contribution in [2.24, 2.45) is 0 Å². The summed E-state index contributed by atoms with van der Waals surface area (Å²) in [5.41, 5.74) is 1.12. The summed E-state index contributed by atoms with van der Waals surface area (Å²) < 4.78 is 44.3. The third kappa shape index (κ3) is 2.86. The van der Waals surface area contributed by atoms with E-state index in [9.17, 15) is 13.2 Å². The Morgan fingerprint density at radius 1 is 0.955 bits per heavy atom. The molecule has 1 aromatic heterocycles. The third-order valence-electron chi connectivity index (χ3n) is 3.03. The second-order valence-electron chi connectivity index (χ2n) is 4.79. The van der Waals surface area contributed by atoms with E-state index < -0.39 is 12.0 Å². The first kappa shape index (κ1) is 14.3. The summed E-state index contributed by atoms with van der Waals surface area (Å²) in [4.78, 5) is 7.09. The van der Waals surface area contributed by atoms with E-state index in [1.54, 1.807) is 36.4 Å². The van der Waals surface area contributed by atoms with Crippen molar-refractivity contribution in [3.63, 3.8) is 0 Å². The largest absolute Gasteiger partial charge is 0.451 e. The summed E-state index contributed by atoms with van der Waals surface area (Å²) in [6.07, 6.45) is -4.63. The first-order valence-corrected chi connectivity index (χ1v) is 6.52. The Balaban J connectivity index is 2.14. The summed E-state index contributed by atoms with van der Waals surface area (Å²) in [7, 11) is 0. The van der Waals surface area contributed by atoms with Crippen molar-refractivity contribution in [3.05, 3.63) is 59.9 Å². The molecule has 0 bridgehead atoms. The van der Waals surface area contributed by atoms with Gasteiger partial charge in [-0.25, -0.2) is 4.98 Å². The first-order valence-electron chi connectivity index (χ1n) is 6.52. The maximum absolute atomic E-state index is 12.9. The van der Waals surface area contributed by atoms with Gasteiger partial charge in [0.05, 0.1) is 10.9 Å². The molecule has 0 N–H and O–H groups in total. The lowest BCUT2D eigenvalue weighted by Gasteiger charge is -2.11. The molecule has 0 spiro atoms. The SMILES string of the molecule is Cc1cccc(Oc2nc(C(F)(F)F)nc3ccccc23)c1. The summed E-state index contributed by atoms with van der Waals surface area (Å²) >= 11 is 0. The number of benzene rings is 2. The number of hydrogen-bond acceptors (Lipinski definition) is 3. The van der Waals surface area contributed by atoms with E-state index in [0.29, 0.717) is 11.1 Å². The van der Waals surface area contributed by atoms with E-state index in [1.807, 2.05) is 13.0 Å². The zero-order valence-electron chi connectivity index (χ0n) is 11.6. The van der Waals surface area contributed by atoms with Crippen LogP contribution in [0.5, 0.6) is 11.6 Å². The second kappa shape index (κ2) is 5.29. The Morgan fingerprint density at radius 3 is 2.45 bits per heavy atom. The molecule has 0 saturated carbocycles. The monoisotopic (exact) mass is 304 g/mol. The first-order chi connectivity index (χ1) is 10.4. The minimum Gasteiger partial charge on any atom is -0.438 e. The number of nitrogens with zero attached hydrogens (tertiary/aromatic N) is 2. The number of halogens is 3. The van der Waals surface area contributed by atoms with Gasteiger partial charge in [-0.15, -0.1) is 0 Å². The maximum Gasteiger partial charge on any atom is 0.451 e. The summed E-state index contributed by atoms with van der Waals surface area (Å²) in [5.74, 6) is -0.894. The molecule has 0 aliphatic carbocycles. The number of hydrogen-bond donors (Lipinski definition) is 0. The van der Waals surface area contributed by atoms with E-state index >= 15 is 0 Å². The third-order valence-corrected chi connectivity index (χ3v) is 3.03. The van der Waals surface area contributed by atoms with Crippen LogP contribution in [0, 0.1) is 6.92 Å². The summed E-state index contributed by atoms with van der Waals surface area (Å²) in [6, 6.07) is 13.5. The van der Waals surface area contributed by atoms with E-state index in [2.05, 4.69) is 9.97 Å². The molecule has 112 valence electrons. The van der Waals surface area contributed by atoms with Gasteiger partial charge < -0.3 is 4.74 Å². The highest BCUT2D eigenvalue weighted by Gasteiger charge is 2.35. The van der Waals surface area contributed by atoms with Crippen molar-refractivity contribution in [2.45, 2.75) is 13.1 Å². The molecule has 0 fully saturated rings. The molecule has 3 nitrogen and oxygen atoms in total. The molecule has 0 saturated heterocycles. The number of alkyl halides is 3. The predicted molar refractivity (Wildman–Crippen MR) is 75.8 cm³/mol. The molecule has 3 rings (SSSR count). The number of ether oxygens (including phenoxy) is 1. The molecule has 2 aromatic carbocycles. The number of rotatable bonds is 2. The van der Waals surface area contributed by atoms with Gasteiger partial charge in [0.2, 0.25) is 11.7 Å². The Labute approximate surface area is 124 Å². The lowest BCUT2D eigenvalue weighted by Crippen LogP contribution is -2.11. The fraction of sp³-hybridized carbons (Fsp3) is 0.125. The van der Waals surface area contributed by atoms with E-state index in [1.165, 1.54) is 6.07 Å². The lowest BCUT2D eigenvalue weighted by atomic mass is 10.2. The number of aromatic nitrogens is 2. The van der Waals surface area contributed by atoms with Crippen LogP contribution in [0.3, 0.4) is 0 Å². The number of aryl methyl sites for hydroxylation is 1. The molecule has 1 heterocycles. The fourth-order valence-electron chi connectivity index (χ4n) is 2.04. The highest BCUT2D eigenvalue weighted by atomic mass is 19.4. The fourth-order valence-corrected chi connectivity index (χ4v) is 2.04. The van der Waals surface area contributed by atoms with Gasteiger partial charge in [-0.3, -0.25) is 0 Å². The maximum atomic E-state index is 12.9. The Morgan fingerprint density at radius 2 is 1.73 bits per heavy atom. The zero-order chi connectivity index (χ0) is 15.7. The molecular formula is C16H11F3N2O. The van der Waals surface area contributed by atoms with Crippen molar-refractivity contribution in [3.8, 4) is 11.6 Å². The van der Waals surface area contributed by atoms with Gasteiger partial charge in [-0.05, 0) is 36.8 Å². The van der Waals surface area contributed by atoms with Crippen LogP contribution in [0.1, 0.15) is 11.4 Å². The molecule has 0 amide bonds. The van der Waals surface area contributed by atoms with Crippen molar-refractivity contribution < 1.29 is 17.9 Å². The molecular weight excluding hydrogens is 293 g/mol. The van der Waals surface area contributed by atoms with Crippen molar-refractivity contribution >= 4 is 10.9 Å².